The number of ketones is 2. The molecule has 2 aromatic rings. The average molecular weight is 1310 g/mol. The second-order valence-electron chi connectivity index (χ2n) is 26.7. The Morgan fingerprint density at radius 1 is 0.652 bits per heavy atom. The summed E-state index contributed by atoms with van der Waals surface area (Å²) >= 11 is 0. The van der Waals surface area contributed by atoms with E-state index in [4.69, 9.17) is 71.1 Å². The standard InChI is InChI=1S/C62H86N2O28/c1-22-47(68)31(66)16-36(81-22)87-54-25(4)84-38(19-34(54)79-12)86-35-20-61(7,75)45(58(74)80-13)27-14-28-42(50(71)41(27)35)51(72)43-30(65)15-29-55(44(43)49(28)70)91-59-52(73)46(63(9)10)57(62(29,8)92-59)90-37-17-32(67)53(24(3)83-37)88-40-21-60(6,64(76)77)56(26(5)85-40)89-39-18-33(78-11)48(69)23(2)82-39/h14-15,22-26,31-40,45-48,52-54,56-57,59,65-69,71,73,75H,16-21H2,1-13H3/t22-,23-,24-,25-,26-,31-,32-,33-,34-,35-,36-,37-,38-,39-,40+,45-,46-,47+,48+,52-,53+,54+,56-,57-,59+,60+,61-,62+/m0/s1. The summed E-state index contributed by atoms with van der Waals surface area (Å²) in [5.74, 6) is -6.40. The minimum atomic E-state index is -2.00. The van der Waals surface area contributed by atoms with E-state index in [1.807, 2.05) is 0 Å². The summed E-state index contributed by atoms with van der Waals surface area (Å²) in [6.07, 6.45) is -25.3. The fourth-order valence-corrected chi connectivity index (χ4v) is 15.3. The molecule has 2 aliphatic carbocycles. The average Bonchev–Trinajstić information content (AvgIpc) is 0.696. The van der Waals surface area contributed by atoms with Crippen LogP contribution >= 0.6 is 0 Å². The van der Waals surface area contributed by atoms with Crippen molar-refractivity contribution in [2.24, 2.45) is 0 Å². The number of aliphatic hydroxyl groups is 6. The minimum absolute atomic E-state index is 0.00222. The molecule has 2 aromatic carbocycles. The van der Waals surface area contributed by atoms with E-state index < -0.39 is 226 Å². The zero-order valence-electron chi connectivity index (χ0n) is 53.5. The lowest BCUT2D eigenvalue weighted by molar-refractivity contribution is -0.599. The van der Waals surface area contributed by atoms with Gasteiger partial charge in [-0.15, -0.1) is 0 Å². The van der Waals surface area contributed by atoms with Gasteiger partial charge in [-0.1, -0.05) is 0 Å². The number of methoxy groups -OCH3 is 3. The number of aliphatic hydroxyl groups excluding tert-OH is 5. The lowest BCUT2D eigenvalue weighted by Gasteiger charge is -2.56. The molecule has 0 spiro atoms. The summed E-state index contributed by atoms with van der Waals surface area (Å²) in [6.45, 7) is 12.4. The van der Waals surface area contributed by atoms with Crippen molar-refractivity contribution in [1.29, 1.82) is 0 Å². The van der Waals surface area contributed by atoms with Crippen LogP contribution in [0.2, 0.25) is 0 Å². The van der Waals surface area contributed by atoms with Crippen molar-refractivity contribution in [2.75, 3.05) is 35.4 Å². The molecule has 92 heavy (non-hydrogen) atoms. The highest BCUT2D eigenvalue weighted by molar-refractivity contribution is 6.31. The van der Waals surface area contributed by atoms with E-state index in [0.717, 1.165) is 13.2 Å². The van der Waals surface area contributed by atoms with Crippen LogP contribution in [0, 0.1) is 10.1 Å². The fourth-order valence-electron chi connectivity index (χ4n) is 15.3. The van der Waals surface area contributed by atoms with Crippen LogP contribution in [0.3, 0.4) is 0 Å². The van der Waals surface area contributed by atoms with E-state index in [1.165, 1.54) is 34.1 Å². The van der Waals surface area contributed by atoms with Gasteiger partial charge >= 0.3 is 5.97 Å². The smallest absolute Gasteiger partial charge is 0.316 e. The number of benzene rings is 2. The molecule has 2 bridgehead atoms. The molecule has 512 valence electrons. The highest BCUT2D eigenvalue weighted by Crippen LogP contribution is 2.57. The second-order valence-corrected chi connectivity index (χ2v) is 26.7. The molecule has 28 atom stereocenters. The minimum Gasteiger partial charge on any atom is -0.507 e. The molecular formula is C62H86N2O28. The van der Waals surface area contributed by atoms with E-state index in [1.54, 1.807) is 60.5 Å². The van der Waals surface area contributed by atoms with Gasteiger partial charge in [0, 0.05) is 74.9 Å². The quantitative estimate of drug-likeness (QED) is 0.0604. The van der Waals surface area contributed by atoms with Gasteiger partial charge in [0.15, 0.2) is 43.3 Å². The maximum absolute atomic E-state index is 15.5. The van der Waals surface area contributed by atoms with Gasteiger partial charge < -0.3 is 117 Å². The molecular weight excluding hydrogens is 1220 g/mol. The predicted molar refractivity (Wildman–Crippen MR) is 309 cm³/mol. The number of carbonyl (C=O) groups is 3. The third-order valence-electron chi connectivity index (χ3n) is 20.2. The van der Waals surface area contributed by atoms with Gasteiger partial charge in [0.25, 0.3) is 5.54 Å². The van der Waals surface area contributed by atoms with Crippen LogP contribution in [0.25, 0.3) is 0 Å². The van der Waals surface area contributed by atoms with Gasteiger partial charge in [0.2, 0.25) is 12.1 Å². The number of esters is 1. The number of phenols is 2. The van der Waals surface area contributed by atoms with Crippen LogP contribution in [0.1, 0.15) is 154 Å². The number of nitro groups is 1. The summed E-state index contributed by atoms with van der Waals surface area (Å²) in [6, 6.07) is 1.35. The van der Waals surface area contributed by atoms with Crippen LogP contribution < -0.4 is 4.74 Å². The summed E-state index contributed by atoms with van der Waals surface area (Å²) in [5.41, 5.74) is -7.97. The number of fused-ring (bicyclic) bond motifs is 8. The molecule has 11 rings (SSSR count). The Labute approximate surface area is 530 Å². The van der Waals surface area contributed by atoms with E-state index in [-0.39, 0.29) is 61.0 Å². The fraction of sp³-hybridized carbons (Fsp3) is 0.758. The number of likely N-dealkylation sites (N-methyl/N-ethyl adjacent to an activating group) is 1. The first kappa shape index (κ1) is 68.6. The molecule has 30 nitrogen and oxygen atoms in total. The molecule has 6 fully saturated rings. The van der Waals surface area contributed by atoms with Gasteiger partial charge in [-0.2, -0.15) is 0 Å². The number of hydrogen-bond acceptors (Lipinski definition) is 29. The van der Waals surface area contributed by atoms with Crippen LogP contribution in [-0.4, -0.2) is 256 Å². The van der Waals surface area contributed by atoms with Crippen molar-refractivity contribution in [3.05, 3.63) is 61.2 Å². The van der Waals surface area contributed by atoms with Gasteiger partial charge in [-0.3, -0.25) is 24.5 Å². The molecule has 7 heterocycles. The Kier molecular flexibility index (Phi) is 19.2. The molecule has 8 N–H and O–H groups in total. The van der Waals surface area contributed by atoms with Crippen molar-refractivity contribution < 1.29 is 131 Å². The van der Waals surface area contributed by atoms with Crippen molar-refractivity contribution >= 4 is 17.5 Å². The van der Waals surface area contributed by atoms with E-state index >= 15 is 9.59 Å². The molecule has 0 radical (unpaired) electrons. The number of ether oxygens (including phenoxy) is 15. The number of aromatic hydroxyl groups is 2. The zero-order chi connectivity index (χ0) is 66.9. The summed E-state index contributed by atoms with van der Waals surface area (Å²) in [7, 11) is 7.29. The normalized spacial score (nSPS) is 44.3. The van der Waals surface area contributed by atoms with Crippen LogP contribution in [-0.2, 0) is 76.7 Å². The lowest BCUT2D eigenvalue weighted by atomic mass is 9.68. The maximum Gasteiger partial charge on any atom is 0.316 e. The third kappa shape index (κ3) is 11.8. The Balaban J connectivity index is 0.857. The van der Waals surface area contributed by atoms with Crippen molar-refractivity contribution in [2.45, 2.75) is 264 Å². The van der Waals surface area contributed by atoms with Gasteiger partial charge in [-0.05, 0) is 80.3 Å². The monoisotopic (exact) mass is 1310 g/mol. The Bertz CT molecular complexity index is 3110. The van der Waals surface area contributed by atoms with E-state index in [2.05, 4.69) is 0 Å². The van der Waals surface area contributed by atoms with E-state index in [0.29, 0.717) is 0 Å². The zero-order valence-corrected chi connectivity index (χ0v) is 53.5. The predicted octanol–water partition coefficient (Wildman–Crippen LogP) is 1.32. The summed E-state index contributed by atoms with van der Waals surface area (Å²) < 4.78 is 92.1. The molecule has 30 heteroatoms. The highest BCUT2D eigenvalue weighted by Gasteiger charge is 2.63. The van der Waals surface area contributed by atoms with Crippen molar-refractivity contribution in [3.8, 4) is 17.2 Å². The van der Waals surface area contributed by atoms with Crippen molar-refractivity contribution in [3.63, 3.8) is 0 Å². The molecule has 6 saturated heterocycles. The number of carbonyl (C=O) groups excluding carboxylic acids is 3. The molecule has 0 amide bonds. The SMILES string of the molecule is COC(=O)[C@@H]1c2cc3c(c(O)c2[C@@H](O[C@H]2C[C@H](OC)[C@H](O[C@H]4C[C@H](O)[C@H](O)[C@H](C)O4)[C@H](C)O2)C[C@]1(C)O)C(=O)c1c(O)cc2c(c1C3=O)O[C@@H]1O[C@@]2(C)[C@@H](O[C@H]2C[C@H](O)[C@H](O[C@@H]3C[C@@](C)([N+](=O)[O-])[C@@H](O[C@H]4C[C@H](OC)[C@H](O)[C@H](C)O4)[C@H](C)O3)[C@H](C)O2)[C@@H](N(C)C)[C@@H]1O. The number of rotatable bonds is 15. The highest BCUT2D eigenvalue weighted by atomic mass is 16.8. The molecule has 9 aliphatic rings. The Hall–Kier alpha value is -4.75. The van der Waals surface area contributed by atoms with Gasteiger partial charge in [0.1, 0.15) is 65.4 Å². The summed E-state index contributed by atoms with van der Waals surface area (Å²) in [5, 5.41) is 105. The first-order valence-electron chi connectivity index (χ1n) is 31.1. The largest absolute Gasteiger partial charge is 0.507 e. The molecule has 0 saturated carbocycles. The Morgan fingerprint density at radius 2 is 1.22 bits per heavy atom. The first-order valence-corrected chi connectivity index (χ1v) is 31.1. The number of nitrogens with zero attached hydrogens (tertiary/aromatic N) is 2. The van der Waals surface area contributed by atoms with Crippen LogP contribution in [0.5, 0.6) is 17.2 Å². The maximum atomic E-state index is 15.5. The number of phenolic OH excluding ortho intramolecular Hbond substituents is 2. The second kappa shape index (κ2) is 25.7. The van der Waals surface area contributed by atoms with Gasteiger partial charge in [0.05, 0.1) is 103 Å². The molecule has 7 aliphatic heterocycles. The first-order chi connectivity index (χ1) is 43.3. The van der Waals surface area contributed by atoms with Crippen molar-refractivity contribution in [1.82, 2.24) is 4.90 Å². The number of hydrogen-bond donors (Lipinski definition) is 8. The van der Waals surface area contributed by atoms with Gasteiger partial charge in [-0.25, -0.2) is 0 Å². The van der Waals surface area contributed by atoms with Crippen LogP contribution in [0.15, 0.2) is 12.1 Å². The topological polar surface area (TPSA) is 398 Å². The lowest BCUT2D eigenvalue weighted by Crippen LogP contribution is -2.70. The molecule has 0 aromatic heterocycles. The third-order valence-corrected chi connectivity index (χ3v) is 20.2. The van der Waals surface area contributed by atoms with Crippen LogP contribution in [0.4, 0.5) is 0 Å². The molecule has 0 unspecified atom stereocenters. The Morgan fingerprint density at radius 3 is 1.84 bits per heavy atom. The van der Waals surface area contributed by atoms with E-state index in [9.17, 15) is 55.8 Å². The summed E-state index contributed by atoms with van der Waals surface area (Å²) in [4.78, 5) is 58.6.